The van der Waals surface area contributed by atoms with Crippen LogP contribution in [0.25, 0.3) is 0 Å². The smallest absolute Gasteiger partial charge is 0.337 e. The van der Waals surface area contributed by atoms with Crippen molar-refractivity contribution in [3.8, 4) is 0 Å². The SMILES string of the molecule is CC(C)CCOCCNc1ncc(C(=O)O)cc1[N+](=O)[O-]. The molecule has 1 aromatic heterocycles. The first kappa shape index (κ1) is 16.8. The summed E-state index contributed by atoms with van der Waals surface area (Å²) in [6, 6.07) is 0.983. The van der Waals surface area contributed by atoms with Crippen molar-refractivity contribution < 1.29 is 19.6 Å². The summed E-state index contributed by atoms with van der Waals surface area (Å²) < 4.78 is 5.37. The van der Waals surface area contributed by atoms with E-state index in [0.717, 1.165) is 18.7 Å². The van der Waals surface area contributed by atoms with Crippen molar-refractivity contribution in [2.45, 2.75) is 20.3 Å². The molecule has 0 atom stereocenters. The first-order valence-electron chi connectivity index (χ1n) is 6.61. The maximum atomic E-state index is 10.9. The number of nitro groups is 1. The van der Waals surface area contributed by atoms with Gasteiger partial charge < -0.3 is 15.2 Å². The summed E-state index contributed by atoms with van der Waals surface area (Å²) in [6.07, 6.45) is 2.03. The number of hydrogen-bond acceptors (Lipinski definition) is 6. The van der Waals surface area contributed by atoms with Gasteiger partial charge in [0.2, 0.25) is 5.82 Å². The largest absolute Gasteiger partial charge is 0.478 e. The Bertz CT molecular complexity index is 505. The molecule has 0 aromatic carbocycles. The summed E-state index contributed by atoms with van der Waals surface area (Å²) >= 11 is 0. The molecule has 21 heavy (non-hydrogen) atoms. The summed E-state index contributed by atoms with van der Waals surface area (Å²) in [5.74, 6) is -0.657. The van der Waals surface area contributed by atoms with Crippen LogP contribution in [0.4, 0.5) is 11.5 Å². The molecule has 0 aliphatic carbocycles. The average Bonchev–Trinajstić information content (AvgIpc) is 2.42. The second-order valence-corrected chi connectivity index (χ2v) is 4.88. The molecule has 8 heteroatoms. The Morgan fingerprint density at radius 3 is 2.81 bits per heavy atom. The molecule has 0 bridgehead atoms. The van der Waals surface area contributed by atoms with Gasteiger partial charge in [-0.05, 0) is 12.3 Å². The molecule has 1 aromatic rings. The van der Waals surface area contributed by atoms with E-state index < -0.39 is 10.9 Å². The number of carboxylic acid groups (broad SMARTS) is 1. The molecule has 0 unspecified atom stereocenters. The van der Waals surface area contributed by atoms with Crippen molar-refractivity contribution >= 4 is 17.5 Å². The third-order valence-electron chi connectivity index (χ3n) is 2.69. The number of aromatic carboxylic acids is 1. The van der Waals surface area contributed by atoms with Crippen LogP contribution in [0.1, 0.15) is 30.6 Å². The highest BCUT2D eigenvalue weighted by atomic mass is 16.6. The molecule has 0 amide bonds. The second-order valence-electron chi connectivity index (χ2n) is 4.88. The van der Waals surface area contributed by atoms with E-state index >= 15 is 0 Å². The van der Waals surface area contributed by atoms with E-state index in [9.17, 15) is 14.9 Å². The Kier molecular flexibility index (Phi) is 6.54. The fourth-order valence-electron chi connectivity index (χ4n) is 1.51. The molecular formula is C13H19N3O5. The minimum absolute atomic E-state index is 0.0393. The number of ether oxygens (including phenoxy) is 1. The van der Waals surface area contributed by atoms with E-state index in [2.05, 4.69) is 24.1 Å². The summed E-state index contributed by atoms with van der Waals surface area (Å²) in [5.41, 5.74) is -0.586. The monoisotopic (exact) mass is 297 g/mol. The zero-order chi connectivity index (χ0) is 15.8. The van der Waals surface area contributed by atoms with Crippen molar-refractivity contribution in [2.75, 3.05) is 25.1 Å². The number of hydrogen-bond donors (Lipinski definition) is 2. The molecule has 0 fully saturated rings. The number of rotatable bonds is 9. The summed E-state index contributed by atoms with van der Waals surface area (Å²) in [5, 5.41) is 22.5. The first-order valence-corrected chi connectivity index (χ1v) is 6.61. The van der Waals surface area contributed by atoms with Gasteiger partial charge in [0.05, 0.1) is 17.1 Å². The number of pyridine rings is 1. The number of anilines is 1. The quantitative estimate of drug-likeness (QED) is 0.407. The number of nitrogens with zero attached hydrogens (tertiary/aromatic N) is 2. The van der Waals surface area contributed by atoms with Gasteiger partial charge in [-0.2, -0.15) is 0 Å². The van der Waals surface area contributed by atoms with Crippen LogP contribution < -0.4 is 5.32 Å². The number of nitrogens with one attached hydrogen (secondary N) is 1. The highest BCUT2D eigenvalue weighted by molar-refractivity contribution is 5.88. The van der Waals surface area contributed by atoms with Gasteiger partial charge in [-0.15, -0.1) is 0 Å². The Hall–Kier alpha value is -2.22. The predicted molar refractivity (Wildman–Crippen MR) is 76.6 cm³/mol. The van der Waals surface area contributed by atoms with Crippen LogP contribution in [0.5, 0.6) is 0 Å². The number of carbonyl (C=O) groups is 1. The molecule has 0 saturated carbocycles. The van der Waals surface area contributed by atoms with Crippen LogP contribution in [-0.4, -0.2) is 40.7 Å². The molecule has 1 heterocycles. The van der Waals surface area contributed by atoms with E-state index in [1.807, 2.05) is 0 Å². The molecular weight excluding hydrogens is 278 g/mol. The zero-order valence-corrected chi connectivity index (χ0v) is 12.0. The van der Waals surface area contributed by atoms with Crippen LogP contribution in [0, 0.1) is 16.0 Å². The van der Waals surface area contributed by atoms with E-state index in [0.29, 0.717) is 25.7 Å². The topological polar surface area (TPSA) is 115 Å². The van der Waals surface area contributed by atoms with Gasteiger partial charge in [0.25, 0.3) is 0 Å². The molecule has 0 spiro atoms. The molecule has 116 valence electrons. The Balaban J connectivity index is 2.54. The minimum Gasteiger partial charge on any atom is -0.478 e. The van der Waals surface area contributed by atoms with Gasteiger partial charge in [0, 0.05) is 25.4 Å². The van der Waals surface area contributed by atoms with E-state index in [-0.39, 0.29) is 17.1 Å². The minimum atomic E-state index is -1.26. The highest BCUT2D eigenvalue weighted by Gasteiger charge is 2.18. The van der Waals surface area contributed by atoms with Crippen LogP contribution >= 0.6 is 0 Å². The molecule has 0 radical (unpaired) electrons. The molecule has 8 nitrogen and oxygen atoms in total. The number of carboxylic acids is 1. The zero-order valence-electron chi connectivity index (χ0n) is 12.0. The predicted octanol–water partition coefficient (Wildman–Crippen LogP) is 2.16. The van der Waals surface area contributed by atoms with Crippen LogP contribution in [0.15, 0.2) is 12.3 Å². The molecule has 0 aliphatic heterocycles. The van der Waals surface area contributed by atoms with Gasteiger partial charge in [-0.3, -0.25) is 10.1 Å². The van der Waals surface area contributed by atoms with Gasteiger partial charge in [0.1, 0.15) is 0 Å². The first-order chi connectivity index (χ1) is 9.91. The summed E-state index contributed by atoms with van der Waals surface area (Å²) in [7, 11) is 0. The van der Waals surface area contributed by atoms with Crippen molar-refractivity contribution in [1.29, 1.82) is 0 Å². The highest BCUT2D eigenvalue weighted by Crippen LogP contribution is 2.22. The second kappa shape index (κ2) is 8.15. The van der Waals surface area contributed by atoms with Crippen LogP contribution in [0.3, 0.4) is 0 Å². The molecule has 2 N–H and O–H groups in total. The number of aromatic nitrogens is 1. The molecule has 0 saturated heterocycles. The van der Waals surface area contributed by atoms with E-state index in [1.54, 1.807) is 0 Å². The summed E-state index contributed by atoms with van der Waals surface area (Å²) in [6.45, 7) is 5.58. The van der Waals surface area contributed by atoms with Crippen molar-refractivity contribution in [1.82, 2.24) is 4.98 Å². The standard InChI is InChI=1S/C13H19N3O5/c1-9(2)3-5-21-6-4-14-12-11(16(19)20)7-10(8-15-12)13(17)18/h7-9H,3-6H2,1-2H3,(H,14,15)(H,17,18). The maximum absolute atomic E-state index is 10.9. The Morgan fingerprint density at radius 2 is 2.24 bits per heavy atom. The lowest BCUT2D eigenvalue weighted by Gasteiger charge is -2.08. The fraction of sp³-hybridized carbons (Fsp3) is 0.538. The van der Waals surface area contributed by atoms with Gasteiger partial charge in [-0.25, -0.2) is 9.78 Å². The van der Waals surface area contributed by atoms with E-state index in [4.69, 9.17) is 9.84 Å². The normalized spacial score (nSPS) is 10.6. The third kappa shape index (κ3) is 5.74. The van der Waals surface area contributed by atoms with Crippen molar-refractivity contribution in [3.05, 3.63) is 27.9 Å². The molecule has 0 aliphatic rings. The Morgan fingerprint density at radius 1 is 1.52 bits per heavy atom. The van der Waals surface area contributed by atoms with Crippen molar-refractivity contribution in [2.24, 2.45) is 5.92 Å². The van der Waals surface area contributed by atoms with Gasteiger partial charge >= 0.3 is 11.7 Å². The average molecular weight is 297 g/mol. The lowest BCUT2D eigenvalue weighted by Crippen LogP contribution is -2.13. The fourth-order valence-corrected chi connectivity index (χ4v) is 1.51. The van der Waals surface area contributed by atoms with Crippen molar-refractivity contribution in [3.63, 3.8) is 0 Å². The van der Waals surface area contributed by atoms with E-state index in [1.165, 1.54) is 0 Å². The Labute approximate surface area is 122 Å². The van der Waals surface area contributed by atoms with Gasteiger partial charge in [0.15, 0.2) is 0 Å². The lowest BCUT2D eigenvalue weighted by atomic mass is 10.1. The summed E-state index contributed by atoms with van der Waals surface area (Å²) in [4.78, 5) is 24.8. The van der Waals surface area contributed by atoms with Gasteiger partial charge in [-0.1, -0.05) is 13.8 Å². The molecule has 1 rings (SSSR count). The van der Waals surface area contributed by atoms with Crippen LogP contribution in [0.2, 0.25) is 0 Å². The lowest BCUT2D eigenvalue weighted by molar-refractivity contribution is -0.384. The maximum Gasteiger partial charge on any atom is 0.337 e. The third-order valence-corrected chi connectivity index (χ3v) is 2.69. The van der Waals surface area contributed by atoms with Crippen LogP contribution in [-0.2, 0) is 4.74 Å².